The lowest BCUT2D eigenvalue weighted by Crippen LogP contribution is -2.52. The molecule has 0 heterocycles. The summed E-state index contributed by atoms with van der Waals surface area (Å²) in [4.78, 5) is 36.1. The van der Waals surface area contributed by atoms with E-state index in [1.807, 2.05) is 36.4 Å². The van der Waals surface area contributed by atoms with Gasteiger partial charge in [-0.1, -0.05) is 55.5 Å². The number of hydrogen-bond acceptors (Lipinski definition) is 4. The van der Waals surface area contributed by atoms with Crippen LogP contribution in [-0.4, -0.2) is 41.3 Å². The lowest BCUT2D eigenvalue weighted by atomic mass is 9.98. The molecule has 156 valence electrons. The highest BCUT2D eigenvalue weighted by Gasteiger charge is 2.52. The maximum Gasteiger partial charge on any atom is 0.407 e. The third-order valence-corrected chi connectivity index (χ3v) is 5.88. The van der Waals surface area contributed by atoms with Crippen LogP contribution in [-0.2, 0) is 14.3 Å². The molecule has 1 saturated carbocycles. The molecule has 2 aromatic carbocycles. The van der Waals surface area contributed by atoms with Gasteiger partial charge in [-0.25, -0.2) is 9.59 Å². The van der Waals surface area contributed by atoms with Crippen LogP contribution in [0.25, 0.3) is 11.1 Å². The number of carboxylic acids is 1. The fraction of sp³-hybridized carbons (Fsp3) is 0.348. The standard InChI is InChI=1S/C23H24N2O5/c1-2-19(20(26)25-23(11-12-23)21(27)28)24-22(29)30-13-18-16-9-5-3-7-14(16)15-8-4-6-10-17(15)18/h3-10,18-19H,2,11-13H2,1H3,(H,24,29)(H,25,26)(H,27,28)/t19-/m1/s1. The summed E-state index contributed by atoms with van der Waals surface area (Å²) < 4.78 is 5.47. The Labute approximate surface area is 174 Å². The van der Waals surface area contributed by atoms with Crippen molar-refractivity contribution in [2.24, 2.45) is 0 Å². The number of ether oxygens (including phenoxy) is 1. The molecule has 0 aliphatic heterocycles. The van der Waals surface area contributed by atoms with Gasteiger partial charge in [-0.3, -0.25) is 4.79 Å². The van der Waals surface area contributed by atoms with Gasteiger partial charge >= 0.3 is 12.1 Å². The average molecular weight is 408 g/mol. The van der Waals surface area contributed by atoms with E-state index in [1.54, 1.807) is 6.92 Å². The van der Waals surface area contributed by atoms with Gasteiger partial charge in [0.25, 0.3) is 0 Å². The fourth-order valence-electron chi connectivity index (χ4n) is 3.98. The van der Waals surface area contributed by atoms with E-state index in [0.717, 1.165) is 22.3 Å². The summed E-state index contributed by atoms with van der Waals surface area (Å²) in [6, 6.07) is 15.2. The number of rotatable bonds is 7. The first-order valence-electron chi connectivity index (χ1n) is 10.1. The third kappa shape index (κ3) is 3.63. The van der Waals surface area contributed by atoms with Crippen LogP contribution >= 0.6 is 0 Å². The molecule has 30 heavy (non-hydrogen) atoms. The van der Waals surface area contributed by atoms with Crippen molar-refractivity contribution in [3.8, 4) is 11.1 Å². The Morgan fingerprint density at radius 3 is 2.13 bits per heavy atom. The first-order chi connectivity index (χ1) is 14.4. The summed E-state index contributed by atoms with van der Waals surface area (Å²) in [6.45, 7) is 1.89. The summed E-state index contributed by atoms with van der Waals surface area (Å²) in [6.07, 6.45) is 0.426. The molecule has 1 atom stereocenters. The van der Waals surface area contributed by atoms with Crippen molar-refractivity contribution < 1.29 is 24.2 Å². The van der Waals surface area contributed by atoms with Crippen molar-refractivity contribution in [2.45, 2.75) is 43.7 Å². The van der Waals surface area contributed by atoms with Gasteiger partial charge in [0.2, 0.25) is 5.91 Å². The van der Waals surface area contributed by atoms with Gasteiger partial charge < -0.3 is 20.5 Å². The summed E-state index contributed by atoms with van der Waals surface area (Å²) in [5.41, 5.74) is 3.29. The number of nitrogens with one attached hydrogen (secondary N) is 2. The summed E-state index contributed by atoms with van der Waals surface area (Å²) in [7, 11) is 0. The highest BCUT2D eigenvalue weighted by atomic mass is 16.5. The van der Waals surface area contributed by atoms with Gasteiger partial charge in [-0.2, -0.15) is 0 Å². The van der Waals surface area contributed by atoms with Crippen LogP contribution < -0.4 is 10.6 Å². The van der Waals surface area contributed by atoms with Crippen molar-refractivity contribution >= 4 is 18.0 Å². The van der Waals surface area contributed by atoms with Crippen LogP contribution in [0.15, 0.2) is 48.5 Å². The molecule has 0 spiro atoms. The first kappa shape index (κ1) is 19.9. The number of benzene rings is 2. The number of amides is 2. The second-order valence-corrected chi connectivity index (χ2v) is 7.81. The molecular weight excluding hydrogens is 384 g/mol. The zero-order valence-corrected chi connectivity index (χ0v) is 16.7. The molecule has 7 nitrogen and oxygen atoms in total. The Balaban J connectivity index is 1.39. The fourth-order valence-corrected chi connectivity index (χ4v) is 3.98. The highest BCUT2D eigenvalue weighted by Crippen LogP contribution is 2.44. The molecule has 2 aliphatic rings. The maximum absolute atomic E-state index is 12.4. The van der Waals surface area contributed by atoms with Crippen LogP contribution in [0.4, 0.5) is 4.79 Å². The van der Waals surface area contributed by atoms with E-state index >= 15 is 0 Å². The zero-order chi connectivity index (χ0) is 21.3. The van der Waals surface area contributed by atoms with E-state index < -0.39 is 29.6 Å². The Morgan fingerprint density at radius 1 is 1.07 bits per heavy atom. The van der Waals surface area contributed by atoms with Crippen molar-refractivity contribution in [2.75, 3.05) is 6.61 Å². The van der Waals surface area contributed by atoms with Crippen LogP contribution in [0.1, 0.15) is 43.2 Å². The third-order valence-electron chi connectivity index (χ3n) is 5.88. The molecule has 2 aromatic rings. The smallest absolute Gasteiger partial charge is 0.407 e. The summed E-state index contributed by atoms with van der Waals surface area (Å²) in [5.74, 6) is -1.63. The Hall–Kier alpha value is -3.35. The zero-order valence-electron chi connectivity index (χ0n) is 16.7. The molecule has 0 aromatic heterocycles. The molecule has 2 aliphatic carbocycles. The van der Waals surface area contributed by atoms with Crippen molar-refractivity contribution in [3.05, 3.63) is 59.7 Å². The molecule has 2 amide bonds. The van der Waals surface area contributed by atoms with Gasteiger partial charge in [0.15, 0.2) is 0 Å². The molecule has 0 saturated heterocycles. The van der Waals surface area contributed by atoms with Gasteiger partial charge in [0.05, 0.1) is 0 Å². The van der Waals surface area contributed by atoms with Crippen LogP contribution in [0, 0.1) is 0 Å². The van der Waals surface area contributed by atoms with Crippen molar-refractivity contribution in [3.63, 3.8) is 0 Å². The number of hydrogen-bond donors (Lipinski definition) is 3. The first-order valence-corrected chi connectivity index (χ1v) is 10.1. The number of alkyl carbamates (subject to hydrolysis) is 1. The maximum atomic E-state index is 12.4. The molecule has 7 heteroatoms. The SMILES string of the molecule is CC[C@@H](NC(=O)OCC1c2ccccc2-c2ccccc21)C(=O)NC1(C(=O)O)CC1. The average Bonchev–Trinajstić information content (AvgIpc) is 3.46. The van der Waals surface area contributed by atoms with E-state index in [1.165, 1.54) is 0 Å². The summed E-state index contributed by atoms with van der Waals surface area (Å²) in [5, 5.41) is 14.3. The number of carboxylic acid groups (broad SMARTS) is 1. The largest absolute Gasteiger partial charge is 0.480 e. The van der Waals surface area contributed by atoms with E-state index in [-0.39, 0.29) is 12.5 Å². The van der Waals surface area contributed by atoms with Crippen LogP contribution in [0.3, 0.4) is 0 Å². The second kappa shape index (κ2) is 7.82. The molecule has 0 bridgehead atoms. The Bertz CT molecular complexity index is 953. The Morgan fingerprint density at radius 2 is 1.63 bits per heavy atom. The molecule has 0 radical (unpaired) electrons. The molecule has 4 rings (SSSR count). The monoisotopic (exact) mass is 408 g/mol. The number of aliphatic carboxylic acids is 1. The topological polar surface area (TPSA) is 105 Å². The van der Waals surface area contributed by atoms with Crippen LogP contribution in [0.5, 0.6) is 0 Å². The summed E-state index contributed by atoms with van der Waals surface area (Å²) >= 11 is 0. The molecular formula is C23H24N2O5. The minimum atomic E-state index is -1.19. The van der Waals surface area contributed by atoms with Gasteiger partial charge in [-0.05, 0) is 41.5 Å². The minimum Gasteiger partial charge on any atom is -0.480 e. The number of carbonyl (C=O) groups excluding carboxylic acids is 2. The lowest BCUT2D eigenvalue weighted by Gasteiger charge is -2.20. The van der Waals surface area contributed by atoms with E-state index in [0.29, 0.717) is 19.3 Å². The molecule has 1 fully saturated rings. The Kier molecular flexibility index (Phi) is 5.20. The van der Waals surface area contributed by atoms with Gasteiger partial charge in [0.1, 0.15) is 18.2 Å². The van der Waals surface area contributed by atoms with Crippen molar-refractivity contribution in [1.29, 1.82) is 0 Å². The van der Waals surface area contributed by atoms with E-state index in [2.05, 4.69) is 22.8 Å². The van der Waals surface area contributed by atoms with Gasteiger partial charge in [-0.15, -0.1) is 0 Å². The highest BCUT2D eigenvalue weighted by molar-refractivity contribution is 5.93. The predicted molar refractivity (Wildman–Crippen MR) is 110 cm³/mol. The number of fused-ring (bicyclic) bond motifs is 3. The molecule has 3 N–H and O–H groups in total. The number of carbonyl (C=O) groups is 3. The van der Waals surface area contributed by atoms with Gasteiger partial charge in [0, 0.05) is 5.92 Å². The predicted octanol–water partition coefficient (Wildman–Crippen LogP) is 3.04. The van der Waals surface area contributed by atoms with E-state index in [9.17, 15) is 19.5 Å². The van der Waals surface area contributed by atoms with E-state index in [4.69, 9.17) is 4.74 Å². The normalized spacial score (nSPS) is 16.7. The minimum absolute atomic E-state index is 0.0706. The second-order valence-electron chi connectivity index (χ2n) is 7.81. The lowest BCUT2D eigenvalue weighted by molar-refractivity contribution is -0.143. The van der Waals surface area contributed by atoms with Crippen LogP contribution in [0.2, 0.25) is 0 Å². The quantitative estimate of drug-likeness (QED) is 0.653. The molecule has 0 unspecified atom stereocenters. The van der Waals surface area contributed by atoms with Crippen molar-refractivity contribution in [1.82, 2.24) is 10.6 Å².